The van der Waals surface area contributed by atoms with Gasteiger partial charge in [-0.15, -0.1) is 0 Å². The molecule has 4 nitrogen and oxygen atoms in total. The molecule has 0 saturated carbocycles. The monoisotopic (exact) mass is 289 g/mol. The summed E-state index contributed by atoms with van der Waals surface area (Å²) in [5, 5.41) is 0. The highest BCUT2D eigenvalue weighted by Crippen LogP contribution is 2.20. The van der Waals surface area contributed by atoms with E-state index in [2.05, 4.69) is 9.80 Å². The fourth-order valence-electron chi connectivity index (χ4n) is 3.62. The first kappa shape index (κ1) is 14.8. The molecule has 0 aromatic carbocycles. The van der Waals surface area contributed by atoms with Crippen LogP contribution in [0.2, 0.25) is 0 Å². The summed E-state index contributed by atoms with van der Waals surface area (Å²) in [6, 6.07) is 1.92. The fourth-order valence-corrected chi connectivity index (χ4v) is 3.62. The van der Waals surface area contributed by atoms with Gasteiger partial charge >= 0.3 is 0 Å². The molecule has 3 heterocycles. The minimum absolute atomic E-state index is 0.258. The van der Waals surface area contributed by atoms with Crippen LogP contribution >= 0.6 is 0 Å². The minimum atomic E-state index is 0.258. The Morgan fingerprint density at radius 3 is 2.48 bits per heavy atom. The predicted octanol–water partition coefficient (Wildman–Crippen LogP) is 2.02. The van der Waals surface area contributed by atoms with Gasteiger partial charge in [-0.05, 0) is 63.8 Å². The lowest BCUT2D eigenvalue weighted by atomic mass is 9.96. The molecule has 1 aromatic rings. The van der Waals surface area contributed by atoms with Gasteiger partial charge in [0.05, 0.1) is 6.54 Å². The van der Waals surface area contributed by atoms with E-state index in [4.69, 9.17) is 0 Å². The molecule has 2 fully saturated rings. The minimum Gasteiger partial charge on any atom is -0.357 e. The van der Waals surface area contributed by atoms with Gasteiger partial charge in [-0.1, -0.05) is 0 Å². The number of aryl methyl sites for hydroxylation is 1. The normalized spacial score (nSPS) is 22.0. The number of carbonyl (C=O) groups is 1. The van der Waals surface area contributed by atoms with E-state index in [1.54, 1.807) is 0 Å². The molecule has 2 aliphatic rings. The zero-order valence-corrected chi connectivity index (χ0v) is 13.1. The Kier molecular flexibility index (Phi) is 4.76. The number of hydrogen-bond acceptors (Lipinski definition) is 3. The van der Waals surface area contributed by atoms with Gasteiger partial charge in [0.25, 0.3) is 0 Å². The Morgan fingerprint density at radius 1 is 1.14 bits per heavy atom. The van der Waals surface area contributed by atoms with E-state index in [0.717, 1.165) is 24.6 Å². The van der Waals surface area contributed by atoms with Gasteiger partial charge in [0.1, 0.15) is 0 Å². The first-order valence-corrected chi connectivity index (χ1v) is 8.30. The highest BCUT2D eigenvalue weighted by molar-refractivity contribution is 5.97. The Morgan fingerprint density at radius 2 is 1.86 bits per heavy atom. The van der Waals surface area contributed by atoms with Crippen LogP contribution in [0.4, 0.5) is 0 Å². The van der Waals surface area contributed by atoms with E-state index < -0.39 is 0 Å². The smallest absolute Gasteiger partial charge is 0.178 e. The highest BCUT2D eigenvalue weighted by Gasteiger charge is 2.24. The van der Waals surface area contributed by atoms with Crippen LogP contribution in [0.3, 0.4) is 0 Å². The van der Waals surface area contributed by atoms with Crippen molar-refractivity contribution in [2.24, 2.45) is 13.0 Å². The van der Waals surface area contributed by atoms with Crippen LogP contribution in [-0.2, 0) is 7.05 Å². The molecule has 21 heavy (non-hydrogen) atoms. The number of carbonyl (C=O) groups excluding carboxylic acids is 1. The van der Waals surface area contributed by atoms with E-state index in [-0.39, 0.29) is 5.78 Å². The van der Waals surface area contributed by atoms with Crippen molar-refractivity contribution >= 4 is 5.78 Å². The molecule has 4 heteroatoms. The maximum absolute atomic E-state index is 12.2. The van der Waals surface area contributed by atoms with Crippen molar-refractivity contribution < 1.29 is 4.79 Å². The highest BCUT2D eigenvalue weighted by atomic mass is 16.1. The van der Waals surface area contributed by atoms with Gasteiger partial charge in [0.15, 0.2) is 5.78 Å². The maximum atomic E-state index is 12.2. The average molecular weight is 289 g/mol. The third-order valence-corrected chi connectivity index (χ3v) is 4.94. The lowest BCUT2D eigenvalue weighted by molar-refractivity contribution is 0.0882. The van der Waals surface area contributed by atoms with Gasteiger partial charge in [0.2, 0.25) is 0 Å². The van der Waals surface area contributed by atoms with Crippen LogP contribution in [0.1, 0.15) is 36.0 Å². The quantitative estimate of drug-likeness (QED) is 0.776. The number of likely N-dealkylation sites (tertiary alicyclic amines) is 2. The molecule has 0 unspecified atom stereocenters. The Bertz CT molecular complexity index is 468. The number of hydrogen-bond donors (Lipinski definition) is 0. The number of nitrogens with zero attached hydrogens (tertiary/aromatic N) is 3. The SMILES string of the molecule is Cn1ccc(C(=O)CN2CCC(CN3CCCC3)CC2)c1. The van der Waals surface area contributed by atoms with Crippen LogP contribution < -0.4 is 0 Å². The van der Waals surface area contributed by atoms with E-state index in [9.17, 15) is 4.79 Å². The number of rotatable bonds is 5. The first-order chi connectivity index (χ1) is 10.2. The summed E-state index contributed by atoms with van der Waals surface area (Å²) < 4.78 is 1.94. The number of piperidine rings is 1. The van der Waals surface area contributed by atoms with E-state index >= 15 is 0 Å². The molecule has 1 aromatic heterocycles. The first-order valence-electron chi connectivity index (χ1n) is 8.30. The summed E-state index contributed by atoms with van der Waals surface area (Å²) in [5.74, 6) is 1.10. The van der Waals surface area contributed by atoms with Crippen molar-refractivity contribution in [3.63, 3.8) is 0 Å². The molecule has 3 rings (SSSR count). The van der Waals surface area contributed by atoms with Gasteiger partial charge in [-0.3, -0.25) is 9.69 Å². The molecule has 0 amide bonds. The number of aromatic nitrogens is 1. The largest absolute Gasteiger partial charge is 0.357 e. The third-order valence-electron chi connectivity index (χ3n) is 4.94. The Balaban J connectivity index is 1.42. The summed E-state index contributed by atoms with van der Waals surface area (Å²) in [6.45, 7) is 6.62. The molecule has 0 atom stereocenters. The second-order valence-electron chi connectivity index (χ2n) is 6.72. The number of ketones is 1. The van der Waals surface area contributed by atoms with Crippen molar-refractivity contribution in [3.05, 3.63) is 24.0 Å². The van der Waals surface area contributed by atoms with Crippen LogP contribution in [0.25, 0.3) is 0 Å². The molecule has 0 bridgehead atoms. The average Bonchev–Trinajstić information content (AvgIpc) is 3.12. The van der Waals surface area contributed by atoms with Gasteiger partial charge in [-0.25, -0.2) is 0 Å². The van der Waals surface area contributed by atoms with Crippen molar-refractivity contribution in [1.82, 2.24) is 14.4 Å². The van der Waals surface area contributed by atoms with Crippen LogP contribution in [0.5, 0.6) is 0 Å². The zero-order valence-electron chi connectivity index (χ0n) is 13.1. The van der Waals surface area contributed by atoms with Crippen LogP contribution in [0.15, 0.2) is 18.5 Å². The summed E-state index contributed by atoms with van der Waals surface area (Å²) in [4.78, 5) is 17.2. The summed E-state index contributed by atoms with van der Waals surface area (Å²) in [7, 11) is 1.96. The van der Waals surface area contributed by atoms with Crippen molar-refractivity contribution in [1.29, 1.82) is 0 Å². The molecule has 0 radical (unpaired) electrons. The van der Waals surface area contributed by atoms with Crippen molar-refractivity contribution in [2.75, 3.05) is 39.3 Å². The van der Waals surface area contributed by atoms with Gasteiger partial charge in [-0.2, -0.15) is 0 Å². The van der Waals surface area contributed by atoms with Crippen molar-refractivity contribution in [3.8, 4) is 0 Å². The lowest BCUT2D eigenvalue weighted by Crippen LogP contribution is -2.40. The summed E-state index contributed by atoms with van der Waals surface area (Å²) in [6.07, 6.45) is 9.12. The molecule has 2 aliphatic heterocycles. The zero-order chi connectivity index (χ0) is 14.7. The molecule has 0 N–H and O–H groups in total. The molecular weight excluding hydrogens is 262 g/mol. The standard InChI is InChI=1S/C17H27N3O/c1-18-9-6-16(13-18)17(21)14-20-10-4-15(5-11-20)12-19-7-2-3-8-19/h6,9,13,15H,2-5,7-8,10-12,14H2,1H3. The Hall–Kier alpha value is -1.13. The third kappa shape index (κ3) is 3.95. The molecule has 0 spiro atoms. The fraction of sp³-hybridized carbons (Fsp3) is 0.706. The molecule has 2 saturated heterocycles. The predicted molar refractivity (Wildman–Crippen MR) is 84.6 cm³/mol. The van der Waals surface area contributed by atoms with E-state index in [1.165, 1.54) is 45.3 Å². The topological polar surface area (TPSA) is 28.5 Å². The number of Topliss-reactive ketones (excluding diaryl/α,β-unsaturated/α-hetero) is 1. The van der Waals surface area contributed by atoms with E-state index in [0.29, 0.717) is 6.54 Å². The second kappa shape index (κ2) is 6.75. The van der Waals surface area contributed by atoms with Crippen molar-refractivity contribution in [2.45, 2.75) is 25.7 Å². The Labute approximate surface area is 127 Å². The molecule has 116 valence electrons. The van der Waals surface area contributed by atoms with Gasteiger partial charge < -0.3 is 9.47 Å². The summed E-state index contributed by atoms with van der Waals surface area (Å²) >= 11 is 0. The summed E-state index contributed by atoms with van der Waals surface area (Å²) in [5.41, 5.74) is 0.844. The maximum Gasteiger partial charge on any atom is 0.178 e. The van der Waals surface area contributed by atoms with Crippen LogP contribution in [0, 0.1) is 5.92 Å². The van der Waals surface area contributed by atoms with Gasteiger partial charge in [0, 0.05) is 31.5 Å². The second-order valence-corrected chi connectivity index (χ2v) is 6.72. The van der Waals surface area contributed by atoms with Crippen LogP contribution in [-0.4, -0.2) is 59.4 Å². The molecular formula is C17H27N3O. The van der Waals surface area contributed by atoms with E-state index in [1.807, 2.05) is 30.1 Å². The lowest BCUT2D eigenvalue weighted by Gasteiger charge is -2.33. The molecule has 0 aliphatic carbocycles.